The van der Waals surface area contributed by atoms with Gasteiger partial charge in [-0.15, -0.1) is 11.3 Å². The molecular formula is C16H19NO2S. The molecule has 0 atom stereocenters. The Hall–Kier alpha value is -1.68. The average Bonchev–Trinajstić information content (AvgIpc) is 2.79. The van der Waals surface area contributed by atoms with E-state index in [0.29, 0.717) is 5.92 Å². The molecule has 0 bridgehead atoms. The smallest absolute Gasteiger partial charge is 0.308 e. The van der Waals surface area contributed by atoms with Crippen molar-refractivity contribution in [3.8, 4) is 11.3 Å². The number of carboxylic acids is 1. The van der Waals surface area contributed by atoms with Gasteiger partial charge in [-0.1, -0.05) is 44.2 Å². The summed E-state index contributed by atoms with van der Waals surface area (Å²) in [5.74, 6) is -0.178. The maximum Gasteiger partial charge on any atom is 0.308 e. The van der Waals surface area contributed by atoms with Crippen molar-refractivity contribution in [3.05, 3.63) is 40.2 Å². The van der Waals surface area contributed by atoms with Gasteiger partial charge in [-0.05, 0) is 18.8 Å². The number of rotatable bonds is 6. The molecule has 1 N–H and O–H groups in total. The number of hydrogen-bond donors (Lipinski definition) is 1. The number of benzene rings is 1. The second-order valence-electron chi connectivity index (χ2n) is 5.25. The zero-order valence-electron chi connectivity index (χ0n) is 11.8. The summed E-state index contributed by atoms with van der Waals surface area (Å²) < 4.78 is 0. The number of carboxylic acid groups (broad SMARTS) is 1. The van der Waals surface area contributed by atoms with Gasteiger partial charge in [-0.3, -0.25) is 4.79 Å². The van der Waals surface area contributed by atoms with Gasteiger partial charge >= 0.3 is 5.97 Å². The quantitative estimate of drug-likeness (QED) is 0.873. The molecule has 3 nitrogen and oxygen atoms in total. The fourth-order valence-corrected chi connectivity index (χ4v) is 3.10. The third kappa shape index (κ3) is 3.90. The second kappa shape index (κ2) is 6.66. The number of carbonyl (C=O) groups is 1. The van der Waals surface area contributed by atoms with Crippen molar-refractivity contribution < 1.29 is 9.90 Å². The van der Waals surface area contributed by atoms with Crippen molar-refractivity contribution in [1.82, 2.24) is 4.98 Å². The van der Waals surface area contributed by atoms with E-state index in [1.165, 1.54) is 11.3 Å². The molecule has 1 aromatic carbocycles. The Morgan fingerprint density at radius 3 is 2.60 bits per heavy atom. The van der Waals surface area contributed by atoms with Gasteiger partial charge in [0.25, 0.3) is 0 Å². The lowest BCUT2D eigenvalue weighted by atomic mass is 10.1. The van der Waals surface area contributed by atoms with Crippen LogP contribution in [-0.2, 0) is 17.6 Å². The first kappa shape index (κ1) is 14.7. The molecule has 0 spiro atoms. The molecule has 2 aromatic rings. The van der Waals surface area contributed by atoms with Crippen molar-refractivity contribution in [1.29, 1.82) is 0 Å². The van der Waals surface area contributed by atoms with E-state index in [-0.39, 0.29) is 6.42 Å². The van der Waals surface area contributed by atoms with Crippen LogP contribution in [0.25, 0.3) is 11.3 Å². The molecule has 0 fully saturated rings. The molecule has 2 rings (SSSR count). The van der Waals surface area contributed by atoms with Crippen LogP contribution < -0.4 is 0 Å². The Morgan fingerprint density at radius 1 is 1.30 bits per heavy atom. The van der Waals surface area contributed by atoms with Gasteiger partial charge in [0, 0.05) is 10.4 Å². The van der Waals surface area contributed by atoms with Gasteiger partial charge in [0.15, 0.2) is 0 Å². The monoisotopic (exact) mass is 289 g/mol. The molecular weight excluding hydrogens is 270 g/mol. The third-order valence-corrected chi connectivity index (χ3v) is 4.15. The lowest BCUT2D eigenvalue weighted by Gasteiger charge is -2.00. The molecule has 1 heterocycles. The van der Waals surface area contributed by atoms with Crippen molar-refractivity contribution >= 4 is 17.3 Å². The van der Waals surface area contributed by atoms with Gasteiger partial charge in [-0.2, -0.15) is 0 Å². The van der Waals surface area contributed by atoms with Crippen LogP contribution in [0.5, 0.6) is 0 Å². The van der Waals surface area contributed by atoms with Crippen molar-refractivity contribution in [2.75, 3.05) is 0 Å². The molecule has 0 aliphatic rings. The molecule has 106 valence electrons. The summed E-state index contributed by atoms with van der Waals surface area (Å²) in [5, 5.41) is 10.1. The van der Waals surface area contributed by atoms with Crippen LogP contribution in [-0.4, -0.2) is 16.1 Å². The Labute approximate surface area is 123 Å². The zero-order valence-corrected chi connectivity index (χ0v) is 12.6. The fourth-order valence-electron chi connectivity index (χ4n) is 2.00. The van der Waals surface area contributed by atoms with E-state index in [2.05, 4.69) is 18.8 Å². The van der Waals surface area contributed by atoms with Crippen molar-refractivity contribution in [2.45, 2.75) is 33.1 Å². The van der Waals surface area contributed by atoms with Crippen LogP contribution in [0.15, 0.2) is 30.3 Å². The van der Waals surface area contributed by atoms with Crippen molar-refractivity contribution in [3.63, 3.8) is 0 Å². The van der Waals surface area contributed by atoms with E-state index in [4.69, 9.17) is 5.11 Å². The van der Waals surface area contributed by atoms with E-state index in [1.54, 1.807) is 0 Å². The maximum absolute atomic E-state index is 11.0. The summed E-state index contributed by atoms with van der Waals surface area (Å²) >= 11 is 1.53. The molecule has 1 aromatic heterocycles. The first-order valence-corrected chi connectivity index (χ1v) is 7.63. The van der Waals surface area contributed by atoms with Gasteiger partial charge in [0.2, 0.25) is 0 Å². The van der Waals surface area contributed by atoms with Gasteiger partial charge in [-0.25, -0.2) is 4.98 Å². The molecule has 4 heteroatoms. The van der Waals surface area contributed by atoms with Crippen molar-refractivity contribution in [2.24, 2.45) is 5.92 Å². The number of aliphatic carboxylic acids is 1. The Bertz CT molecular complexity index is 575. The minimum Gasteiger partial charge on any atom is -0.481 e. The zero-order chi connectivity index (χ0) is 14.5. The average molecular weight is 289 g/mol. The number of aromatic nitrogens is 1. The molecule has 0 unspecified atom stereocenters. The molecule has 0 aliphatic carbocycles. The van der Waals surface area contributed by atoms with Gasteiger partial charge in [0.05, 0.1) is 17.1 Å². The van der Waals surface area contributed by atoms with Crippen LogP contribution in [0.1, 0.15) is 30.2 Å². The van der Waals surface area contributed by atoms with Gasteiger partial charge in [0.1, 0.15) is 0 Å². The summed E-state index contributed by atoms with van der Waals surface area (Å²) in [6, 6.07) is 9.81. The Morgan fingerprint density at radius 2 is 2.00 bits per heavy atom. The maximum atomic E-state index is 11.0. The summed E-state index contributed by atoms with van der Waals surface area (Å²) in [6.07, 6.45) is 2.04. The summed E-state index contributed by atoms with van der Waals surface area (Å²) in [6.45, 7) is 4.37. The minimum atomic E-state index is -0.804. The predicted molar refractivity (Wildman–Crippen MR) is 82.0 cm³/mol. The summed E-state index contributed by atoms with van der Waals surface area (Å²) in [4.78, 5) is 16.5. The van der Waals surface area contributed by atoms with Crippen LogP contribution in [0.4, 0.5) is 0 Å². The highest BCUT2D eigenvalue weighted by molar-refractivity contribution is 7.12. The van der Waals surface area contributed by atoms with Gasteiger partial charge < -0.3 is 5.11 Å². The molecule has 0 amide bonds. The minimum absolute atomic E-state index is 0.0452. The van der Waals surface area contributed by atoms with E-state index in [0.717, 1.165) is 34.0 Å². The van der Waals surface area contributed by atoms with Crippen LogP contribution in [0.2, 0.25) is 0 Å². The number of nitrogens with zero attached hydrogens (tertiary/aromatic N) is 1. The fraction of sp³-hybridized carbons (Fsp3) is 0.375. The van der Waals surface area contributed by atoms with Crippen LogP contribution in [0, 0.1) is 5.92 Å². The highest BCUT2D eigenvalue weighted by Gasteiger charge is 2.15. The lowest BCUT2D eigenvalue weighted by Crippen LogP contribution is -1.99. The highest BCUT2D eigenvalue weighted by atomic mass is 32.1. The predicted octanol–water partition coefficient (Wildman–Crippen LogP) is 4.03. The molecule has 0 radical (unpaired) electrons. The lowest BCUT2D eigenvalue weighted by molar-refractivity contribution is -0.136. The van der Waals surface area contributed by atoms with E-state index in [9.17, 15) is 4.79 Å². The van der Waals surface area contributed by atoms with Crippen LogP contribution in [0.3, 0.4) is 0 Å². The normalized spacial score (nSPS) is 10.9. The number of aryl methyl sites for hydroxylation is 1. The SMILES string of the molecule is CC(C)CCc1nc(-c2ccccc2)c(CC(=O)O)s1. The summed E-state index contributed by atoms with van der Waals surface area (Å²) in [7, 11) is 0. The first-order valence-electron chi connectivity index (χ1n) is 6.82. The molecule has 0 aliphatic heterocycles. The topological polar surface area (TPSA) is 50.2 Å². The second-order valence-corrected chi connectivity index (χ2v) is 6.42. The largest absolute Gasteiger partial charge is 0.481 e. The summed E-state index contributed by atoms with van der Waals surface area (Å²) in [5.41, 5.74) is 1.83. The van der Waals surface area contributed by atoms with Crippen LogP contribution >= 0.6 is 11.3 Å². The standard InChI is InChI=1S/C16H19NO2S/c1-11(2)8-9-14-17-16(12-6-4-3-5-7-12)13(20-14)10-15(18)19/h3-7,11H,8-10H2,1-2H3,(H,18,19). The molecule has 0 saturated carbocycles. The molecule has 0 saturated heterocycles. The third-order valence-electron chi connectivity index (χ3n) is 3.04. The Balaban J connectivity index is 2.30. The van der Waals surface area contributed by atoms with E-state index < -0.39 is 5.97 Å². The van der Waals surface area contributed by atoms with E-state index in [1.807, 2.05) is 30.3 Å². The highest BCUT2D eigenvalue weighted by Crippen LogP contribution is 2.29. The van der Waals surface area contributed by atoms with E-state index >= 15 is 0 Å². The number of thiazole rings is 1. The Kier molecular flexibility index (Phi) is 4.90. The molecule has 20 heavy (non-hydrogen) atoms. The first-order chi connectivity index (χ1) is 9.56. The number of hydrogen-bond acceptors (Lipinski definition) is 3.